The molecule has 0 N–H and O–H groups in total. The van der Waals surface area contributed by atoms with Gasteiger partial charge in [0.2, 0.25) is 0 Å². The van der Waals surface area contributed by atoms with Crippen molar-refractivity contribution in [2.24, 2.45) is 10.2 Å². The van der Waals surface area contributed by atoms with E-state index in [1.807, 2.05) is 0 Å². The van der Waals surface area contributed by atoms with Gasteiger partial charge in [-0.2, -0.15) is 10.2 Å². The normalized spacial score (nSPS) is 14.3. The van der Waals surface area contributed by atoms with Crippen LogP contribution in [0.3, 0.4) is 0 Å². The van der Waals surface area contributed by atoms with E-state index in [0.717, 1.165) is 32.1 Å². The van der Waals surface area contributed by atoms with E-state index in [1.54, 1.807) is 0 Å². The van der Waals surface area contributed by atoms with Crippen LogP contribution in [0.4, 0.5) is 0 Å². The van der Waals surface area contributed by atoms with Crippen LogP contribution in [-0.2, 0) is 19.1 Å². The lowest BCUT2D eigenvalue weighted by Crippen LogP contribution is -2.23. The third-order valence-corrected chi connectivity index (χ3v) is 7.73. The topological polar surface area (TPSA) is 77.3 Å². The first-order chi connectivity index (χ1) is 19.0. The van der Waals surface area contributed by atoms with Crippen molar-refractivity contribution in [3.63, 3.8) is 0 Å². The molecule has 1 radical (unpaired) electrons. The minimum atomic E-state index is -0.662. The first-order valence-corrected chi connectivity index (χ1v) is 16.6. The Morgan fingerprint density at radius 2 is 1.00 bits per heavy atom. The quantitative estimate of drug-likeness (QED) is 0.0686. The summed E-state index contributed by atoms with van der Waals surface area (Å²) in [6.45, 7) is 8.33. The fraction of sp³-hybridized carbons (Fsp3) is 0.909. The van der Waals surface area contributed by atoms with Crippen molar-refractivity contribution in [2.45, 2.75) is 186 Å². The molecule has 39 heavy (non-hydrogen) atoms. The van der Waals surface area contributed by atoms with E-state index >= 15 is 0 Å². The van der Waals surface area contributed by atoms with E-state index in [0.29, 0.717) is 19.3 Å². The number of carbonyl (C=O) groups excluding carboxylic acids is 2. The second-order valence-corrected chi connectivity index (χ2v) is 11.7. The van der Waals surface area contributed by atoms with Gasteiger partial charge in [-0.15, -0.1) is 0 Å². The van der Waals surface area contributed by atoms with Crippen molar-refractivity contribution in [1.82, 2.24) is 0 Å². The fourth-order valence-corrected chi connectivity index (χ4v) is 5.10. The molecule has 0 aromatic heterocycles. The molecule has 0 amide bonds. The molecule has 0 fully saturated rings. The lowest BCUT2D eigenvalue weighted by molar-refractivity contribution is -0.156. The Balaban J connectivity index is 1.91. The van der Waals surface area contributed by atoms with Crippen LogP contribution in [0, 0.1) is 6.92 Å². The zero-order valence-electron chi connectivity index (χ0n) is 25.7. The number of hydrogen-bond donors (Lipinski definition) is 0. The van der Waals surface area contributed by atoms with E-state index in [2.05, 4.69) is 31.0 Å². The summed E-state index contributed by atoms with van der Waals surface area (Å²) in [4.78, 5) is 24.1. The van der Waals surface area contributed by atoms with E-state index in [9.17, 15) is 9.59 Å². The molecule has 1 aliphatic heterocycles. The second-order valence-electron chi connectivity index (χ2n) is 11.7. The summed E-state index contributed by atoms with van der Waals surface area (Å²) in [7, 11) is 0. The molecular formula is C33H61N2O4. The molecule has 0 aromatic carbocycles. The maximum Gasteiger partial charge on any atom is 0.306 e. The van der Waals surface area contributed by atoms with Gasteiger partial charge in [-0.1, -0.05) is 129 Å². The van der Waals surface area contributed by atoms with Crippen LogP contribution in [-0.4, -0.2) is 30.3 Å². The average Bonchev–Trinajstić information content (AvgIpc) is 3.69. The molecule has 0 aromatic rings. The first kappa shape index (κ1) is 35.6. The Hall–Kier alpha value is -1.46. The highest BCUT2D eigenvalue weighted by atomic mass is 16.6. The third-order valence-electron chi connectivity index (χ3n) is 7.73. The summed E-state index contributed by atoms with van der Waals surface area (Å²) >= 11 is 0. The Morgan fingerprint density at radius 3 is 1.49 bits per heavy atom. The number of hydrogen-bond acceptors (Lipinski definition) is 6. The lowest BCUT2D eigenvalue weighted by Gasteiger charge is -2.14. The van der Waals surface area contributed by atoms with Crippen LogP contribution in [0.1, 0.15) is 174 Å². The van der Waals surface area contributed by atoms with E-state index in [1.165, 1.54) is 109 Å². The zero-order chi connectivity index (χ0) is 28.4. The van der Waals surface area contributed by atoms with Crippen LogP contribution in [0.15, 0.2) is 10.2 Å². The minimum absolute atomic E-state index is 0.0237. The highest BCUT2D eigenvalue weighted by Crippen LogP contribution is 2.38. The SMILES string of the molecule is [CH2]C(COC(=O)CCCCCCCCCCCCCCC)OC(=O)CCCC1(CCCCCCCCC)N=N1. The fourth-order valence-electron chi connectivity index (χ4n) is 5.10. The standard InChI is InChI=1S/C33H61N2O4/c1-4-6-8-10-12-13-14-15-16-17-18-20-22-25-31(36)38-29-30(3)39-32(37)26-24-28-33(34-35-33)27-23-21-19-11-9-7-5-2/h30H,3-29H2,1-2H3. The number of nitrogens with zero attached hydrogens (tertiary/aromatic N) is 2. The number of esters is 2. The van der Waals surface area contributed by atoms with Crippen molar-refractivity contribution in [3.05, 3.63) is 6.92 Å². The second kappa shape index (κ2) is 24.3. The number of ether oxygens (including phenoxy) is 2. The van der Waals surface area contributed by atoms with Crippen molar-refractivity contribution >= 4 is 11.9 Å². The Labute approximate surface area is 240 Å². The molecule has 0 saturated carbocycles. The zero-order valence-corrected chi connectivity index (χ0v) is 25.7. The van der Waals surface area contributed by atoms with Crippen LogP contribution in [0.25, 0.3) is 0 Å². The van der Waals surface area contributed by atoms with Gasteiger partial charge in [0, 0.05) is 12.8 Å². The van der Waals surface area contributed by atoms with Crippen molar-refractivity contribution < 1.29 is 19.1 Å². The summed E-state index contributed by atoms with van der Waals surface area (Å²) in [5.41, 5.74) is -0.239. The third kappa shape index (κ3) is 22.0. The molecule has 0 bridgehead atoms. The van der Waals surface area contributed by atoms with E-state index < -0.39 is 6.10 Å². The molecule has 1 rings (SSSR count). The maximum atomic E-state index is 12.1. The summed E-state index contributed by atoms with van der Waals surface area (Å²) in [5, 5.41) is 8.51. The van der Waals surface area contributed by atoms with Gasteiger partial charge in [-0.25, -0.2) is 0 Å². The number of unbranched alkanes of at least 4 members (excludes halogenated alkanes) is 18. The Morgan fingerprint density at radius 1 is 0.590 bits per heavy atom. The van der Waals surface area contributed by atoms with E-state index in [-0.39, 0.29) is 24.2 Å². The molecule has 6 nitrogen and oxygen atoms in total. The molecule has 1 aliphatic rings. The van der Waals surface area contributed by atoms with Crippen LogP contribution >= 0.6 is 0 Å². The summed E-state index contributed by atoms with van der Waals surface area (Å²) in [5.74, 6) is -0.527. The van der Waals surface area contributed by atoms with Gasteiger partial charge < -0.3 is 9.47 Å². The molecule has 1 unspecified atom stereocenters. The Kier molecular flexibility index (Phi) is 22.2. The molecule has 227 valence electrons. The van der Waals surface area contributed by atoms with Gasteiger partial charge in [0.05, 0.1) is 0 Å². The highest BCUT2D eigenvalue weighted by Gasteiger charge is 2.38. The molecular weight excluding hydrogens is 488 g/mol. The molecule has 6 heteroatoms. The molecule has 1 atom stereocenters. The summed E-state index contributed by atoms with van der Waals surface area (Å²) < 4.78 is 10.6. The number of carbonyl (C=O) groups is 2. The molecule has 0 saturated heterocycles. The average molecular weight is 550 g/mol. The van der Waals surface area contributed by atoms with Crippen molar-refractivity contribution in [3.8, 4) is 0 Å². The monoisotopic (exact) mass is 549 g/mol. The van der Waals surface area contributed by atoms with E-state index in [4.69, 9.17) is 9.47 Å². The highest BCUT2D eigenvalue weighted by molar-refractivity contribution is 5.70. The van der Waals surface area contributed by atoms with Crippen LogP contribution < -0.4 is 0 Å². The van der Waals surface area contributed by atoms with Gasteiger partial charge in [0.25, 0.3) is 0 Å². The predicted molar refractivity (Wildman–Crippen MR) is 161 cm³/mol. The van der Waals surface area contributed by atoms with Gasteiger partial charge in [0.1, 0.15) is 12.7 Å². The molecule has 0 aliphatic carbocycles. The van der Waals surface area contributed by atoms with Gasteiger partial charge in [-0.3, -0.25) is 9.59 Å². The van der Waals surface area contributed by atoms with Gasteiger partial charge >= 0.3 is 11.9 Å². The first-order valence-electron chi connectivity index (χ1n) is 16.6. The van der Waals surface area contributed by atoms with Crippen molar-refractivity contribution in [1.29, 1.82) is 0 Å². The van der Waals surface area contributed by atoms with Crippen molar-refractivity contribution in [2.75, 3.05) is 6.61 Å². The van der Waals surface area contributed by atoms with Gasteiger partial charge in [-0.05, 0) is 39.0 Å². The Bertz CT molecular complexity index is 631. The lowest BCUT2D eigenvalue weighted by atomic mass is 9.98. The summed E-state index contributed by atoms with van der Waals surface area (Å²) in [6.07, 6.45) is 28.1. The largest absolute Gasteiger partial charge is 0.462 e. The minimum Gasteiger partial charge on any atom is -0.462 e. The predicted octanol–water partition coefficient (Wildman–Crippen LogP) is 10.2. The number of rotatable bonds is 29. The maximum absolute atomic E-state index is 12.1. The smallest absolute Gasteiger partial charge is 0.306 e. The summed E-state index contributed by atoms with van der Waals surface area (Å²) in [6, 6.07) is 0. The van der Waals surface area contributed by atoms with Crippen LogP contribution in [0.5, 0.6) is 0 Å². The van der Waals surface area contributed by atoms with Crippen LogP contribution in [0.2, 0.25) is 0 Å². The molecule has 1 heterocycles. The van der Waals surface area contributed by atoms with Gasteiger partial charge in [0.15, 0.2) is 5.66 Å². The molecule has 0 spiro atoms.